The van der Waals surface area contributed by atoms with Gasteiger partial charge in [0.2, 0.25) is 5.91 Å². The molecule has 1 rings (SSSR count). The van der Waals surface area contributed by atoms with Gasteiger partial charge in [0.15, 0.2) is 0 Å². The zero-order chi connectivity index (χ0) is 15.0. The van der Waals surface area contributed by atoms with Crippen molar-refractivity contribution < 1.29 is 19.4 Å². The van der Waals surface area contributed by atoms with Gasteiger partial charge in [0.1, 0.15) is 0 Å². The fourth-order valence-electron chi connectivity index (χ4n) is 2.20. The molecule has 1 amide bonds. The highest BCUT2D eigenvalue weighted by Crippen LogP contribution is 2.10. The minimum absolute atomic E-state index is 0.0487. The fraction of sp³-hybridized carbons (Fsp3) is 0.929. The van der Waals surface area contributed by atoms with E-state index in [0.29, 0.717) is 19.8 Å². The molecule has 2 atom stereocenters. The van der Waals surface area contributed by atoms with Gasteiger partial charge in [0.05, 0.1) is 37.9 Å². The van der Waals surface area contributed by atoms with Crippen molar-refractivity contribution >= 4 is 5.91 Å². The second kappa shape index (κ2) is 9.28. The summed E-state index contributed by atoms with van der Waals surface area (Å²) in [6, 6.07) is 0. The van der Waals surface area contributed by atoms with E-state index in [1.807, 2.05) is 13.8 Å². The van der Waals surface area contributed by atoms with E-state index in [1.54, 1.807) is 11.9 Å². The maximum atomic E-state index is 12.0. The van der Waals surface area contributed by atoms with Gasteiger partial charge in [0, 0.05) is 20.1 Å². The number of carbonyl (C=O) groups excluding carboxylic acids is 1. The molecule has 0 radical (unpaired) electrons. The lowest BCUT2D eigenvalue weighted by Crippen LogP contribution is -2.40. The minimum atomic E-state index is -0.655. The Kier molecular flexibility index (Phi) is 8.06. The Balaban J connectivity index is 2.11. The molecule has 0 saturated carbocycles. The summed E-state index contributed by atoms with van der Waals surface area (Å²) in [5.74, 6) is 0.143. The number of carbonyl (C=O) groups is 1. The number of hydrogen-bond acceptors (Lipinski definition) is 5. The molecule has 1 aliphatic heterocycles. The highest BCUT2D eigenvalue weighted by Gasteiger charge is 2.26. The first-order chi connectivity index (χ1) is 9.50. The van der Waals surface area contributed by atoms with E-state index in [0.717, 1.165) is 19.5 Å². The fourth-order valence-corrected chi connectivity index (χ4v) is 2.20. The highest BCUT2D eigenvalue weighted by atomic mass is 16.5. The molecule has 1 saturated heterocycles. The molecular formula is C14H28N2O4. The van der Waals surface area contributed by atoms with E-state index >= 15 is 0 Å². The Morgan fingerprint density at radius 3 is 2.80 bits per heavy atom. The lowest BCUT2D eigenvalue weighted by Gasteiger charge is -2.23. The van der Waals surface area contributed by atoms with Gasteiger partial charge in [-0.2, -0.15) is 0 Å². The van der Waals surface area contributed by atoms with Crippen LogP contribution in [0.15, 0.2) is 0 Å². The quantitative estimate of drug-likeness (QED) is 0.578. The molecule has 0 aromatic carbocycles. The van der Waals surface area contributed by atoms with E-state index < -0.39 is 6.10 Å². The zero-order valence-electron chi connectivity index (χ0n) is 12.8. The molecule has 1 fully saturated rings. The molecule has 1 heterocycles. The van der Waals surface area contributed by atoms with Crippen LogP contribution in [0.4, 0.5) is 0 Å². The molecule has 0 aromatic heterocycles. The van der Waals surface area contributed by atoms with Crippen LogP contribution in [0.1, 0.15) is 20.3 Å². The molecule has 118 valence electrons. The Labute approximate surface area is 121 Å². The summed E-state index contributed by atoms with van der Waals surface area (Å²) in [6.45, 7) is 7.07. The van der Waals surface area contributed by atoms with E-state index in [2.05, 4.69) is 5.32 Å². The average Bonchev–Trinajstić information content (AvgIpc) is 2.90. The summed E-state index contributed by atoms with van der Waals surface area (Å²) in [5.41, 5.74) is 0. The highest BCUT2D eigenvalue weighted by molar-refractivity contribution is 5.79. The van der Waals surface area contributed by atoms with Gasteiger partial charge in [-0.05, 0) is 26.8 Å². The summed E-state index contributed by atoms with van der Waals surface area (Å²) < 4.78 is 10.7. The number of ether oxygens (including phenoxy) is 2. The number of aliphatic hydroxyl groups is 1. The third-order valence-corrected chi connectivity index (χ3v) is 3.26. The summed E-state index contributed by atoms with van der Waals surface area (Å²) >= 11 is 0. The lowest BCUT2D eigenvalue weighted by molar-refractivity contribution is -0.135. The first-order valence-electron chi connectivity index (χ1n) is 7.33. The molecule has 6 nitrogen and oxygen atoms in total. The molecule has 0 spiro atoms. The number of nitrogens with one attached hydrogen (secondary N) is 1. The molecule has 0 aromatic rings. The summed E-state index contributed by atoms with van der Waals surface area (Å²) in [5, 5.41) is 13.0. The van der Waals surface area contributed by atoms with Crippen LogP contribution in [-0.2, 0) is 14.3 Å². The van der Waals surface area contributed by atoms with Crippen LogP contribution in [0.3, 0.4) is 0 Å². The maximum Gasteiger partial charge on any atom is 0.226 e. The first-order valence-corrected chi connectivity index (χ1v) is 7.33. The number of aliphatic hydroxyl groups excluding tert-OH is 1. The van der Waals surface area contributed by atoms with Gasteiger partial charge in [-0.15, -0.1) is 0 Å². The average molecular weight is 288 g/mol. The molecule has 6 heteroatoms. The third kappa shape index (κ3) is 6.65. The Bertz CT molecular complexity index is 280. The smallest absolute Gasteiger partial charge is 0.226 e. The molecule has 1 aliphatic rings. The number of rotatable bonds is 9. The first kappa shape index (κ1) is 17.4. The topological polar surface area (TPSA) is 71.0 Å². The van der Waals surface area contributed by atoms with Crippen LogP contribution < -0.4 is 5.32 Å². The summed E-state index contributed by atoms with van der Waals surface area (Å²) in [7, 11) is 1.73. The minimum Gasteiger partial charge on any atom is -0.389 e. The second-order valence-corrected chi connectivity index (χ2v) is 5.56. The molecule has 2 unspecified atom stereocenters. The van der Waals surface area contributed by atoms with Crippen molar-refractivity contribution in [3.63, 3.8) is 0 Å². The van der Waals surface area contributed by atoms with Crippen LogP contribution in [0.2, 0.25) is 0 Å². The SMILES string of the molecule is CC(C)OCCOCC(O)CN(C)C(=O)C1CCNC1. The molecule has 0 aliphatic carbocycles. The van der Waals surface area contributed by atoms with Crippen LogP contribution in [0.5, 0.6) is 0 Å². The third-order valence-electron chi connectivity index (χ3n) is 3.26. The Hall–Kier alpha value is -0.690. The van der Waals surface area contributed by atoms with Crippen molar-refractivity contribution in [2.24, 2.45) is 5.92 Å². The number of amides is 1. The van der Waals surface area contributed by atoms with Crippen LogP contribution in [0.25, 0.3) is 0 Å². The number of hydrogen-bond donors (Lipinski definition) is 2. The molecular weight excluding hydrogens is 260 g/mol. The van der Waals surface area contributed by atoms with Gasteiger partial charge >= 0.3 is 0 Å². The van der Waals surface area contributed by atoms with Gasteiger partial charge < -0.3 is 24.8 Å². The molecule has 2 N–H and O–H groups in total. The van der Waals surface area contributed by atoms with Crippen molar-refractivity contribution in [3.8, 4) is 0 Å². The van der Waals surface area contributed by atoms with Crippen LogP contribution >= 0.6 is 0 Å². The van der Waals surface area contributed by atoms with Crippen molar-refractivity contribution in [1.82, 2.24) is 10.2 Å². The summed E-state index contributed by atoms with van der Waals surface area (Å²) in [6.07, 6.45) is 0.409. The Morgan fingerprint density at radius 1 is 1.45 bits per heavy atom. The van der Waals surface area contributed by atoms with Crippen molar-refractivity contribution in [2.45, 2.75) is 32.5 Å². The predicted octanol–water partition coefficient (Wildman–Crippen LogP) is -0.143. The van der Waals surface area contributed by atoms with Gasteiger partial charge in [-0.1, -0.05) is 0 Å². The van der Waals surface area contributed by atoms with Gasteiger partial charge in [-0.25, -0.2) is 0 Å². The van der Waals surface area contributed by atoms with E-state index in [9.17, 15) is 9.90 Å². The van der Waals surface area contributed by atoms with Crippen LogP contribution in [-0.4, -0.2) is 74.6 Å². The van der Waals surface area contributed by atoms with Crippen molar-refractivity contribution in [1.29, 1.82) is 0 Å². The summed E-state index contributed by atoms with van der Waals surface area (Å²) in [4.78, 5) is 13.6. The molecule has 20 heavy (non-hydrogen) atoms. The standard InChI is InChI=1S/C14H28N2O4/c1-11(2)20-7-6-19-10-13(17)9-16(3)14(18)12-4-5-15-8-12/h11-13,15,17H,4-10H2,1-3H3. The maximum absolute atomic E-state index is 12.0. The molecule has 0 bridgehead atoms. The van der Waals surface area contributed by atoms with Crippen molar-refractivity contribution in [2.75, 3.05) is 46.5 Å². The van der Waals surface area contributed by atoms with Crippen LogP contribution in [0, 0.1) is 5.92 Å². The predicted molar refractivity (Wildman–Crippen MR) is 76.5 cm³/mol. The largest absolute Gasteiger partial charge is 0.389 e. The van der Waals surface area contributed by atoms with E-state index in [4.69, 9.17) is 9.47 Å². The normalized spacial score (nSPS) is 20.4. The number of nitrogens with zero attached hydrogens (tertiary/aromatic N) is 1. The van der Waals surface area contributed by atoms with Crippen molar-refractivity contribution in [3.05, 3.63) is 0 Å². The Morgan fingerprint density at radius 2 is 2.20 bits per heavy atom. The zero-order valence-corrected chi connectivity index (χ0v) is 12.8. The lowest BCUT2D eigenvalue weighted by atomic mass is 10.1. The number of likely N-dealkylation sites (N-methyl/N-ethyl adjacent to an activating group) is 1. The second-order valence-electron chi connectivity index (χ2n) is 5.56. The van der Waals surface area contributed by atoms with E-state index in [-0.39, 0.29) is 24.5 Å². The van der Waals surface area contributed by atoms with Gasteiger partial charge in [-0.3, -0.25) is 4.79 Å². The van der Waals surface area contributed by atoms with Gasteiger partial charge in [0.25, 0.3) is 0 Å². The monoisotopic (exact) mass is 288 g/mol. The van der Waals surface area contributed by atoms with E-state index in [1.165, 1.54) is 0 Å².